The zero-order chi connectivity index (χ0) is 19.9. The summed E-state index contributed by atoms with van der Waals surface area (Å²) in [4.78, 5) is 37.0. The second-order valence-electron chi connectivity index (χ2n) is 7.19. The summed E-state index contributed by atoms with van der Waals surface area (Å²) in [5.74, 6) is -1.46. The molecule has 1 aliphatic rings. The van der Waals surface area contributed by atoms with Crippen LogP contribution in [-0.2, 0) is 29.3 Å². The van der Waals surface area contributed by atoms with E-state index >= 15 is 0 Å². The number of methoxy groups -OCH3 is 1. The van der Waals surface area contributed by atoms with Crippen LogP contribution >= 0.6 is 0 Å². The first-order valence-corrected chi connectivity index (χ1v) is 9.54. The molecule has 0 unspecified atom stereocenters. The van der Waals surface area contributed by atoms with Crippen LogP contribution in [0.4, 0.5) is 0 Å². The van der Waals surface area contributed by atoms with Gasteiger partial charge in [0.05, 0.1) is 12.5 Å². The molecule has 0 spiro atoms. The maximum atomic E-state index is 12.8. The predicted octanol–water partition coefficient (Wildman–Crippen LogP) is 2.75. The molecule has 2 atom stereocenters. The Hall–Kier alpha value is -2.37. The average Bonchev–Trinajstić information content (AvgIpc) is 3.21. The van der Waals surface area contributed by atoms with E-state index in [2.05, 4.69) is 5.32 Å². The SMILES string of the molecule is CC[C@H](C)[C@@H](NC(=O)COC(=O)C1(c2ccccc2)CCCC1)C(=O)OC. The zero-order valence-corrected chi connectivity index (χ0v) is 16.3. The molecule has 0 radical (unpaired) electrons. The van der Waals surface area contributed by atoms with Gasteiger partial charge >= 0.3 is 11.9 Å². The molecule has 0 bridgehead atoms. The van der Waals surface area contributed by atoms with E-state index < -0.39 is 29.9 Å². The highest BCUT2D eigenvalue weighted by molar-refractivity contribution is 5.88. The van der Waals surface area contributed by atoms with Crippen molar-refractivity contribution in [2.24, 2.45) is 5.92 Å². The summed E-state index contributed by atoms with van der Waals surface area (Å²) in [6.45, 7) is 3.38. The predicted molar refractivity (Wildman–Crippen MR) is 101 cm³/mol. The molecular formula is C21H29NO5. The van der Waals surface area contributed by atoms with Gasteiger partial charge in [0.25, 0.3) is 5.91 Å². The molecule has 2 rings (SSSR count). The lowest BCUT2D eigenvalue weighted by Crippen LogP contribution is -2.47. The van der Waals surface area contributed by atoms with Gasteiger partial charge in [0.15, 0.2) is 6.61 Å². The third-order valence-corrected chi connectivity index (χ3v) is 5.49. The van der Waals surface area contributed by atoms with Crippen LogP contribution in [0.2, 0.25) is 0 Å². The number of carbonyl (C=O) groups excluding carboxylic acids is 3. The second kappa shape index (κ2) is 9.53. The standard InChI is InChI=1S/C21H29NO5/c1-4-15(2)18(19(24)26-3)22-17(23)14-27-20(25)21(12-8-9-13-21)16-10-6-5-7-11-16/h5-7,10-11,15,18H,4,8-9,12-14H2,1-3H3,(H,22,23)/t15-,18+/m0/s1. The fraction of sp³-hybridized carbons (Fsp3) is 0.571. The van der Waals surface area contributed by atoms with Crippen LogP contribution in [0.3, 0.4) is 0 Å². The van der Waals surface area contributed by atoms with Crippen molar-refractivity contribution in [3.8, 4) is 0 Å². The van der Waals surface area contributed by atoms with Crippen molar-refractivity contribution < 1.29 is 23.9 Å². The smallest absolute Gasteiger partial charge is 0.328 e. The Balaban J connectivity index is 2.01. The molecule has 148 valence electrons. The Morgan fingerprint density at radius 2 is 1.78 bits per heavy atom. The molecule has 27 heavy (non-hydrogen) atoms. The number of hydrogen-bond acceptors (Lipinski definition) is 5. The number of amides is 1. The van der Waals surface area contributed by atoms with Gasteiger partial charge in [-0.15, -0.1) is 0 Å². The van der Waals surface area contributed by atoms with E-state index in [1.807, 2.05) is 44.2 Å². The minimum absolute atomic E-state index is 0.0809. The molecule has 0 heterocycles. The third-order valence-electron chi connectivity index (χ3n) is 5.49. The van der Waals surface area contributed by atoms with Crippen LogP contribution in [0.1, 0.15) is 51.5 Å². The number of carbonyl (C=O) groups is 3. The van der Waals surface area contributed by atoms with Crippen molar-refractivity contribution in [2.75, 3.05) is 13.7 Å². The van der Waals surface area contributed by atoms with Crippen molar-refractivity contribution in [1.82, 2.24) is 5.32 Å². The van der Waals surface area contributed by atoms with E-state index in [4.69, 9.17) is 9.47 Å². The molecule has 6 heteroatoms. The minimum Gasteiger partial charge on any atom is -0.467 e. The fourth-order valence-electron chi connectivity index (χ4n) is 3.63. The van der Waals surface area contributed by atoms with Gasteiger partial charge in [-0.25, -0.2) is 4.79 Å². The van der Waals surface area contributed by atoms with E-state index in [1.165, 1.54) is 7.11 Å². The Bertz CT molecular complexity index is 652. The summed E-state index contributed by atoms with van der Waals surface area (Å²) in [6.07, 6.45) is 4.05. The molecule has 1 saturated carbocycles. The van der Waals surface area contributed by atoms with Gasteiger partial charge in [0.1, 0.15) is 6.04 Å². The molecule has 1 aromatic rings. The van der Waals surface area contributed by atoms with Crippen LogP contribution in [-0.4, -0.2) is 37.6 Å². The van der Waals surface area contributed by atoms with Gasteiger partial charge in [0.2, 0.25) is 0 Å². The zero-order valence-electron chi connectivity index (χ0n) is 16.3. The second-order valence-corrected chi connectivity index (χ2v) is 7.19. The number of esters is 2. The molecule has 0 aliphatic heterocycles. The normalized spacial score (nSPS) is 17.6. The van der Waals surface area contributed by atoms with E-state index in [0.717, 1.165) is 31.2 Å². The highest BCUT2D eigenvalue weighted by Gasteiger charge is 2.44. The minimum atomic E-state index is -0.749. The molecule has 0 aromatic heterocycles. The summed E-state index contributed by atoms with van der Waals surface area (Å²) < 4.78 is 10.1. The molecule has 1 N–H and O–H groups in total. The Kier molecular flexibility index (Phi) is 7.39. The van der Waals surface area contributed by atoms with E-state index in [0.29, 0.717) is 6.42 Å². The van der Waals surface area contributed by atoms with Gasteiger partial charge in [-0.1, -0.05) is 63.4 Å². The Morgan fingerprint density at radius 1 is 1.15 bits per heavy atom. The van der Waals surface area contributed by atoms with Gasteiger partial charge in [-0.3, -0.25) is 9.59 Å². The molecular weight excluding hydrogens is 346 g/mol. The van der Waals surface area contributed by atoms with Gasteiger partial charge < -0.3 is 14.8 Å². The lowest BCUT2D eigenvalue weighted by molar-refractivity contribution is -0.155. The lowest BCUT2D eigenvalue weighted by atomic mass is 9.79. The summed E-state index contributed by atoms with van der Waals surface area (Å²) in [5, 5.41) is 2.63. The first-order chi connectivity index (χ1) is 12.9. The first kappa shape index (κ1) is 20.9. The Labute approximate surface area is 160 Å². The maximum absolute atomic E-state index is 12.8. The van der Waals surface area contributed by atoms with Crippen molar-refractivity contribution in [3.05, 3.63) is 35.9 Å². The number of rotatable bonds is 8. The van der Waals surface area contributed by atoms with Crippen LogP contribution in [0.25, 0.3) is 0 Å². The lowest BCUT2D eigenvalue weighted by Gasteiger charge is -2.27. The topological polar surface area (TPSA) is 81.7 Å². The van der Waals surface area contributed by atoms with Crippen LogP contribution in [0.5, 0.6) is 0 Å². The van der Waals surface area contributed by atoms with Gasteiger partial charge in [0, 0.05) is 0 Å². The van der Waals surface area contributed by atoms with Crippen molar-refractivity contribution in [3.63, 3.8) is 0 Å². The largest absolute Gasteiger partial charge is 0.467 e. The van der Waals surface area contributed by atoms with Crippen molar-refractivity contribution in [1.29, 1.82) is 0 Å². The van der Waals surface area contributed by atoms with Crippen LogP contribution in [0.15, 0.2) is 30.3 Å². The number of benzene rings is 1. The Morgan fingerprint density at radius 3 is 2.33 bits per heavy atom. The van der Waals surface area contributed by atoms with E-state index in [-0.39, 0.29) is 11.9 Å². The molecule has 1 aromatic carbocycles. The molecule has 6 nitrogen and oxygen atoms in total. The molecule has 1 aliphatic carbocycles. The molecule has 0 saturated heterocycles. The van der Waals surface area contributed by atoms with Gasteiger partial charge in [-0.05, 0) is 24.3 Å². The van der Waals surface area contributed by atoms with Crippen molar-refractivity contribution >= 4 is 17.8 Å². The molecule has 1 amide bonds. The fourth-order valence-corrected chi connectivity index (χ4v) is 3.63. The summed E-state index contributed by atoms with van der Waals surface area (Å²) in [5.41, 5.74) is 0.250. The highest BCUT2D eigenvalue weighted by atomic mass is 16.5. The summed E-state index contributed by atoms with van der Waals surface area (Å²) >= 11 is 0. The van der Waals surface area contributed by atoms with Crippen LogP contribution < -0.4 is 5.32 Å². The maximum Gasteiger partial charge on any atom is 0.328 e. The highest BCUT2D eigenvalue weighted by Crippen LogP contribution is 2.42. The van der Waals surface area contributed by atoms with E-state index in [9.17, 15) is 14.4 Å². The third kappa shape index (κ3) is 4.87. The number of nitrogens with one attached hydrogen (secondary N) is 1. The van der Waals surface area contributed by atoms with Crippen molar-refractivity contribution in [2.45, 2.75) is 57.4 Å². The summed E-state index contributed by atoms with van der Waals surface area (Å²) in [7, 11) is 1.29. The van der Waals surface area contributed by atoms with E-state index in [1.54, 1.807) is 0 Å². The number of ether oxygens (including phenoxy) is 2. The quantitative estimate of drug-likeness (QED) is 0.707. The number of hydrogen-bond donors (Lipinski definition) is 1. The average molecular weight is 375 g/mol. The van der Waals surface area contributed by atoms with Gasteiger partial charge in [-0.2, -0.15) is 0 Å². The molecule has 1 fully saturated rings. The summed E-state index contributed by atoms with van der Waals surface area (Å²) in [6, 6.07) is 8.84. The monoisotopic (exact) mass is 375 g/mol. The first-order valence-electron chi connectivity index (χ1n) is 9.54. The van der Waals surface area contributed by atoms with Crippen LogP contribution in [0, 0.1) is 5.92 Å².